The van der Waals surface area contributed by atoms with Crippen LogP contribution in [0, 0.1) is 0 Å². The fraction of sp³-hybridized carbons (Fsp3) is 0.750. The molecule has 1 radical (unpaired) electrons. The Hall–Kier alpha value is 0.244. The summed E-state index contributed by atoms with van der Waals surface area (Å²) < 4.78 is 0. The zero-order chi connectivity index (χ0) is 7.11. The van der Waals surface area contributed by atoms with Crippen LogP contribution in [0.25, 0.3) is 0 Å². The Morgan fingerprint density at radius 1 is 1.50 bits per heavy atom. The van der Waals surface area contributed by atoms with Gasteiger partial charge in [-0.1, -0.05) is 14.9 Å². The summed E-state index contributed by atoms with van der Waals surface area (Å²) in [6.45, 7) is 7.77. The van der Waals surface area contributed by atoms with Crippen molar-refractivity contribution in [3.05, 3.63) is 0 Å². The molecule has 0 aliphatic carbocycles. The number of hydrogen-bond acceptors (Lipinski definition) is 2. The van der Waals surface area contributed by atoms with Gasteiger partial charge in [0.1, 0.15) is 0 Å². The number of carbonyl (C=O) groups is 1. The first-order chi connectivity index (χ1) is 4.31. The summed E-state index contributed by atoms with van der Waals surface area (Å²) in [6.07, 6.45) is 0.393. The summed E-state index contributed by atoms with van der Waals surface area (Å²) >= 11 is 0. The van der Waals surface area contributed by atoms with E-state index in [1.165, 1.54) is 0 Å². The molecule has 0 unspecified atom stereocenters. The van der Waals surface area contributed by atoms with Crippen LogP contribution in [0.4, 0.5) is 0 Å². The zero-order valence-corrected chi connectivity index (χ0v) is 8.97. The van der Waals surface area contributed by atoms with E-state index in [1.807, 2.05) is 6.92 Å². The fourth-order valence-electron chi connectivity index (χ4n) is 0.452. The summed E-state index contributed by atoms with van der Waals surface area (Å²) in [5, 5.41) is 2.63. The third kappa shape index (κ3) is 16.7. The van der Waals surface area contributed by atoms with Gasteiger partial charge in [0.25, 0.3) is 0 Å². The van der Waals surface area contributed by atoms with Crippen LogP contribution in [0.1, 0.15) is 28.2 Å². The number of amides is 1. The van der Waals surface area contributed by atoms with E-state index >= 15 is 0 Å². The number of rotatable bonds is 4. The summed E-state index contributed by atoms with van der Waals surface area (Å²) in [6, 6.07) is 0. The molecule has 1 amide bonds. The van der Waals surface area contributed by atoms with Gasteiger partial charge in [-0.15, -0.1) is 0 Å². The molecule has 0 saturated heterocycles. The van der Waals surface area contributed by atoms with Crippen molar-refractivity contribution in [2.45, 2.75) is 28.2 Å². The number of hydrogen-bond donors (Lipinski definition) is 1. The zero-order valence-electron chi connectivity index (χ0n) is 6.13. The predicted molar refractivity (Wildman–Crippen MR) is 50.1 cm³/mol. The first-order valence-corrected chi connectivity index (χ1v) is 2.94. The second-order valence-electron chi connectivity index (χ2n) is 1.61. The van der Waals surface area contributed by atoms with Gasteiger partial charge in [0.15, 0.2) is 0 Å². The van der Waals surface area contributed by atoms with E-state index in [9.17, 15) is 4.79 Å². The van der Waals surface area contributed by atoms with Gasteiger partial charge in [0, 0.05) is 52.2 Å². The topological polar surface area (TPSA) is 41.5 Å². The molecule has 0 fully saturated rings. The van der Waals surface area contributed by atoms with E-state index in [1.54, 1.807) is 0 Å². The molecular weight excluding hydrogens is 229 g/mol. The number of aliphatic imine (C=N–C) groups is 1. The van der Waals surface area contributed by atoms with Gasteiger partial charge in [0.2, 0.25) is 5.91 Å². The van der Waals surface area contributed by atoms with Gasteiger partial charge in [-0.25, -0.2) is 0 Å². The molecule has 0 heterocycles. The largest absolute Gasteiger partial charge is 0.506 e. The van der Waals surface area contributed by atoms with E-state index in [2.05, 4.69) is 10.3 Å². The molecule has 0 rings (SSSR count). The van der Waals surface area contributed by atoms with E-state index in [0.717, 1.165) is 0 Å². The Bertz CT molecular complexity index is 107. The van der Waals surface area contributed by atoms with Crippen molar-refractivity contribution in [2.75, 3.05) is 13.1 Å². The van der Waals surface area contributed by atoms with E-state index in [-0.39, 0.29) is 53.5 Å². The molecule has 0 aliphatic heterocycles. The minimum atomic E-state index is 0. The molecule has 4 heteroatoms. The number of nitrogens with zero attached hydrogens (tertiary/aromatic N) is 1. The van der Waals surface area contributed by atoms with Gasteiger partial charge < -0.3 is 17.0 Å². The number of carbonyl (C=O) groups excluding carboxylic acids is 1. The molecule has 0 saturated carbocycles. The van der Waals surface area contributed by atoms with E-state index in [0.29, 0.717) is 19.5 Å². The maximum atomic E-state index is 10.6. The summed E-state index contributed by atoms with van der Waals surface area (Å²) in [7, 11) is 0. The van der Waals surface area contributed by atoms with Crippen molar-refractivity contribution in [3.63, 3.8) is 0 Å². The van der Waals surface area contributed by atoms with Crippen molar-refractivity contribution in [2.24, 2.45) is 4.99 Å². The van der Waals surface area contributed by atoms with Crippen LogP contribution in [0.3, 0.4) is 0 Å². The Morgan fingerprint density at radius 3 is 2.33 bits per heavy atom. The average molecular weight is 248 g/mol. The minimum absolute atomic E-state index is 0. The number of nitrogens with one attached hydrogen (secondary N) is 1. The quantitative estimate of drug-likeness (QED) is 0.592. The van der Waals surface area contributed by atoms with Crippen LogP contribution in [-0.2, 0) is 37.5 Å². The van der Waals surface area contributed by atoms with E-state index in [4.69, 9.17) is 6.72 Å². The average Bonchev–Trinajstić information content (AvgIpc) is 1.85. The predicted octanol–water partition coefficient (Wildman–Crippen LogP) is 1.36. The molecule has 71 valence electrons. The molecule has 1 N–H and O–H groups in total. The second-order valence-corrected chi connectivity index (χ2v) is 1.61. The van der Waals surface area contributed by atoms with E-state index < -0.39 is 0 Å². The van der Waals surface area contributed by atoms with Crippen molar-refractivity contribution in [1.82, 2.24) is 5.32 Å². The van der Waals surface area contributed by atoms with Gasteiger partial charge in [0.05, 0.1) is 0 Å². The third-order valence-electron chi connectivity index (χ3n) is 0.842. The van der Waals surface area contributed by atoms with Crippen molar-refractivity contribution < 1.29 is 37.5 Å². The smallest absolute Gasteiger partial charge is 0.221 e. The van der Waals surface area contributed by atoms with Crippen LogP contribution in [0.2, 0.25) is 0 Å². The summed E-state index contributed by atoms with van der Waals surface area (Å²) in [5.74, 6) is 0.00620. The first kappa shape index (κ1) is 22.8. The molecular formula is C8H19N2OY-. The molecule has 12 heavy (non-hydrogen) atoms. The van der Waals surface area contributed by atoms with Crippen LogP contribution in [0.5, 0.6) is 0 Å². The standard InChI is InChI=1S/C6H11N2O.2CH4.Y/c1-3-8-6(9)4-5-7-2;;;/h2H,3-5H2,1H3,(H,8,9);2*1H4;/q-1;;;. The van der Waals surface area contributed by atoms with Crippen LogP contribution in [0.15, 0.2) is 4.99 Å². The molecule has 0 aromatic carbocycles. The molecule has 0 spiro atoms. The third-order valence-corrected chi connectivity index (χ3v) is 0.842. The summed E-state index contributed by atoms with van der Waals surface area (Å²) in [5.41, 5.74) is 0. The van der Waals surface area contributed by atoms with Gasteiger partial charge in [-0.2, -0.15) is 0 Å². The Labute approximate surface area is 101 Å². The van der Waals surface area contributed by atoms with Gasteiger partial charge >= 0.3 is 0 Å². The molecule has 0 atom stereocenters. The Kier molecular flexibility index (Phi) is 33.0. The molecule has 0 aromatic rings. The van der Waals surface area contributed by atoms with Crippen LogP contribution in [-0.4, -0.2) is 25.7 Å². The van der Waals surface area contributed by atoms with Gasteiger partial charge in [-0.05, 0) is 6.92 Å². The van der Waals surface area contributed by atoms with Crippen LogP contribution >= 0.6 is 0 Å². The molecule has 3 nitrogen and oxygen atoms in total. The maximum absolute atomic E-state index is 10.6. The fourth-order valence-corrected chi connectivity index (χ4v) is 0.452. The van der Waals surface area contributed by atoms with Crippen LogP contribution < -0.4 is 5.32 Å². The first-order valence-electron chi connectivity index (χ1n) is 2.94. The summed E-state index contributed by atoms with van der Waals surface area (Å²) in [4.78, 5) is 13.9. The van der Waals surface area contributed by atoms with Crippen molar-refractivity contribution in [1.29, 1.82) is 0 Å². The SMILES string of the molecule is C.C.[CH-]=NCCC(=O)NCC.[Y]. The normalized spacial score (nSPS) is 6.42. The Morgan fingerprint density at radius 2 is 2.00 bits per heavy atom. The molecule has 0 aliphatic rings. The van der Waals surface area contributed by atoms with Gasteiger partial charge in [-0.3, -0.25) is 4.79 Å². The molecule has 0 aromatic heterocycles. The van der Waals surface area contributed by atoms with Crippen molar-refractivity contribution in [3.8, 4) is 0 Å². The monoisotopic (exact) mass is 248 g/mol. The maximum Gasteiger partial charge on any atom is 0.221 e. The second kappa shape index (κ2) is 17.4. The minimum Gasteiger partial charge on any atom is -0.506 e. The molecule has 0 bridgehead atoms. The Balaban J connectivity index is -0.000000107. The van der Waals surface area contributed by atoms with Crippen molar-refractivity contribution >= 4 is 12.6 Å².